The van der Waals surface area contributed by atoms with Gasteiger partial charge in [0.1, 0.15) is 0 Å². The summed E-state index contributed by atoms with van der Waals surface area (Å²) < 4.78 is 0. The molecule has 0 saturated heterocycles. The van der Waals surface area contributed by atoms with E-state index in [9.17, 15) is 0 Å². The Morgan fingerprint density at radius 1 is 0.706 bits per heavy atom. The summed E-state index contributed by atoms with van der Waals surface area (Å²) in [6, 6.07) is 1.72. The van der Waals surface area contributed by atoms with Gasteiger partial charge in [-0.2, -0.15) is 0 Å². The third-order valence-electron chi connectivity index (χ3n) is 5.71. The molecule has 0 spiro atoms. The Morgan fingerprint density at radius 3 is 2.18 bits per heavy atom. The fourth-order valence-corrected chi connectivity index (χ4v) is 4.72. The van der Waals surface area contributed by atoms with Crippen molar-refractivity contribution < 1.29 is 0 Å². The van der Waals surface area contributed by atoms with Gasteiger partial charge in [0.15, 0.2) is 0 Å². The van der Waals surface area contributed by atoms with Gasteiger partial charge in [0, 0.05) is 12.1 Å². The minimum absolute atomic E-state index is 0.857. The predicted octanol–water partition coefficient (Wildman–Crippen LogP) is 4.12. The summed E-state index contributed by atoms with van der Waals surface area (Å²) >= 11 is 0. The molecule has 1 N–H and O–H groups in total. The molecule has 3 rings (SSSR count). The summed E-state index contributed by atoms with van der Waals surface area (Å²) in [6.07, 6.45) is 14.9. The molecule has 3 aliphatic rings. The predicted molar refractivity (Wildman–Crippen MR) is 73.0 cm³/mol. The summed E-state index contributed by atoms with van der Waals surface area (Å²) in [5.74, 6) is 3.15. The Morgan fingerprint density at radius 2 is 1.41 bits per heavy atom. The summed E-state index contributed by atoms with van der Waals surface area (Å²) in [7, 11) is 0. The maximum absolute atomic E-state index is 3.98. The standard InChI is InChI=1S/C16H29N/c1-12-6-8-15(10-12)17-16-9-7-13-4-2-3-5-14(13)11-16/h12-17H,2-11H2,1H3. The summed E-state index contributed by atoms with van der Waals surface area (Å²) in [4.78, 5) is 0. The number of hydrogen-bond acceptors (Lipinski definition) is 1. The van der Waals surface area contributed by atoms with Crippen LogP contribution in [0.3, 0.4) is 0 Å². The van der Waals surface area contributed by atoms with Gasteiger partial charge in [-0.1, -0.05) is 32.6 Å². The van der Waals surface area contributed by atoms with E-state index in [1.807, 2.05) is 0 Å². The summed E-state index contributed by atoms with van der Waals surface area (Å²) in [5, 5.41) is 3.98. The molecule has 3 aliphatic carbocycles. The zero-order valence-corrected chi connectivity index (χ0v) is 11.5. The molecule has 1 heteroatoms. The van der Waals surface area contributed by atoms with Crippen LogP contribution in [-0.2, 0) is 0 Å². The Labute approximate surface area is 107 Å². The first-order chi connectivity index (χ1) is 8.31. The van der Waals surface area contributed by atoms with Gasteiger partial charge >= 0.3 is 0 Å². The first kappa shape index (κ1) is 12.0. The zero-order valence-electron chi connectivity index (χ0n) is 11.5. The molecular formula is C16H29N. The third kappa shape index (κ3) is 2.86. The minimum Gasteiger partial charge on any atom is -0.311 e. The van der Waals surface area contributed by atoms with Gasteiger partial charge in [0.2, 0.25) is 0 Å². The third-order valence-corrected chi connectivity index (χ3v) is 5.71. The van der Waals surface area contributed by atoms with Crippen molar-refractivity contribution in [2.45, 2.75) is 83.2 Å². The van der Waals surface area contributed by atoms with Crippen molar-refractivity contribution in [3.8, 4) is 0 Å². The molecule has 0 heterocycles. The monoisotopic (exact) mass is 235 g/mol. The molecule has 5 unspecified atom stereocenters. The van der Waals surface area contributed by atoms with Crippen molar-refractivity contribution in [3.63, 3.8) is 0 Å². The zero-order chi connectivity index (χ0) is 11.7. The van der Waals surface area contributed by atoms with E-state index in [-0.39, 0.29) is 0 Å². The number of fused-ring (bicyclic) bond motifs is 1. The largest absolute Gasteiger partial charge is 0.311 e. The molecule has 17 heavy (non-hydrogen) atoms. The van der Waals surface area contributed by atoms with E-state index in [1.165, 1.54) is 64.2 Å². The van der Waals surface area contributed by atoms with Crippen molar-refractivity contribution in [1.29, 1.82) is 0 Å². The SMILES string of the molecule is CC1CCC(NC2CCC3CCCCC3C2)C1. The van der Waals surface area contributed by atoms with Crippen molar-refractivity contribution in [3.05, 3.63) is 0 Å². The van der Waals surface area contributed by atoms with Crippen molar-refractivity contribution in [1.82, 2.24) is 5.32 Å². The van der Waals surface area contributed by atoms with E-state index in [2.05, 4.69) is 12.2 Å². The van der Waals surface area contributed by atoms with Crippen LogP contribution in [0.25, 0.3) is 0 Å². The Kier molecular flexibility index (Phi) is 3.75. The lowest BCUT2D eigenvalue weighted by molar-refractivity contribution is 0.138. The number of hydrogen-bond donors (Lipinski definition) is 1. The number of nitrogens with one attached hydrogen (secondary N) is 1. The average molecular weight is 235 g/mol. The lowest BCUT2D eigenvalue weighted by atomic mass is 9.69. The first-order valence-electron chi connectivity index (χ1n) is 8.07. The molecule has 0 amide bonds. The second kappa shape index (κ2) is 5.30. The molecule has 0 bridgehead atoms. The van der Waals surface area contributed by atoms with Crippen molar-refractivity contribution >= 4 is 0 Å². The van der Waals surface area contributed by atoms with Crippen LogP contribution in [-0.4, -0.2) is 12.1 Å². The van der Waals surface area contributed by atoms with Gasteiger partial charge in [-0.05, 0) is 56.3 Å². The normalized spacial score (nSPS) is 46.8. The van der Waals surface area contributed by atoms with E-state index in [0.717, 1.165) is 29.8 Å². The van der Waals surface area contributed by atoms with Crippen LogP contribution in [0, 0.1) is 17.8 Å². The lowest BCUT2D eigenvalue weighted by Crippen LogP contribution is -2.42. The molecule has 98 valence electrons. The highest BCUT2D eigenvalue weighted by atomic mass is 15.0. The van der Waals surface area contributed by atoms with E-state index in [4.69, 9.17) is 0 Å². The second-order valence-corrected chi connectivity index (χ2v) is 7.10. The molecule has 0 aromatic carbocycles. The van der Waals surface area contributed by atoms with E-state index in [0.29, 0.717) is 0 Å². The van der Waals surface area contributed by atoms with Crippen LogP contribution in [0.15, 0.2) is 0 Å². The molecule has 0 radical (unpaired) electrons. The van der Waals surface area contributed by atoms with Crippen LogP contribution in [0.5, 0.6) is 0 Å². The van der Waals surface area contributed by atoms with E-state index < -0.39 is 0 Å². The molecule has 0 aromatic heterocycles. The van der Waals surface area contributed by atoms with Gasteiger partial charge in [-0.15, -0.1) is 0 Å². The highest BCUT2D eigenvalue weighted by molar-refractivity contribution is 4.89. The smallest absolute Gasteiger partial charge is 0.00725 e. The maximum Gasteiger partial charge on any atom is 0.00725 e. The van der Waals surface area contributed by atoms with Gasteiger partial charge < -0.3 is 5.32 Å². The highest BCUT2D eigenvalue weighted by Gasteiger charge is 2.33. The molecule has 1 nitrogen and oxygen atoms in total. The fraction of sp³-hybridized carbons (Fsp3) is 1.00. The lowest BCUT2D eigenvalue weighted by Gasteiger charge is -2.40. The first-order valence-corrected chi connectivity index (χ1v) is 8.07. The van der Waals surface area contributed by atoms with Crippen LogP contribution in [0.1, 0.15) is 71.1 Å². The van der Waals surface area contributed by atoms with E-state index in [1.54, 1.807) is 0 Å². The molecule has 5 atom stereocenters. The maximum atomic E-state index is 3.98. The summed E-state index contributed by atoms with van der Waals surface area (Å²) in [5.41, 5.74) is 0. The summed E-state index contributed by atoms with van der Waals surface area (Å²) in [6.45, 7) is 2.42. The Hall–Kier alpha value is -0.0400. The average Bonchev–Trinajstić information content (AvgIpc) is 2.75. The van der Waals surface area contributed by atoms with Crippen LogP contribution in [0.2, 0.25) is 0 Å². The quantitative estimate of drug-likeness (QED) is 0.759. The van der Waals surface area contributed by atoms with E-state index >= 15 is 0 Å². The van der Waals surface area contributed by atoms with Gasteiger partial charge in [0.05, 0.1) is 0 Å². The Balaban J connectivity index is 1.48. The van der Waals surface area contributed by atoms with Crippen molar-refractivity contribution in [2.75, 3.05) is 0 Å². The minimum atomic E-state index is 0.857. The fourth-order valence-electron chi connectivity index (χ4n) is 4.72. The topological polar surface area (TPSA) is 12.0 Å². The number of rotatable bonds is 2. The van der Waals surface area contributed by atoms with Gasteiger partial charge in [-0.25, -0.2) is 0 Å². The molecule has 0 aliphatic heterocycles. The van der Waals surface area contributed by atoms with Crippen LogP contribution >= 0.6 is 0 Å². The molecule has 0 aromatic rings. The molecule has 3 fully saturated rings. The van der Waals surface area contributed by atoms with Crippen molar-refractivity contribution in [2.24, 2.45) is 17.8 Å². The van der Waals surface area contributed by atoms with Gasteiger partial charge in [0.25, 0.3) is 0 Å². The second-order valence-electron chi connectivity index (χ2n) is 7.10. The van der Waals surface area contributed by atoms with Gasteiger partial charge in [-0.3, -0.25) is 0 Å². The van der Waals surface area contributed by atoms with Crippen LogP contribution < -0.4 is 5.32 Å². The molecule has 3 saturated carbocycles. The Bertz CT molecular complexity index is 248. The highest BCUT2D eigenvalue weighted by Crippen LogP contribution is 2.40. The molecular weight excluding hydrogens is 206 g/mol. The van der Waals surface area contributed by atoms with Crippen LogP contribution in [0.4, 0.5) is 0 Å².